The molecule has 0 unspecified atom stereocenters. The van der Waals surface area contributed by atoms with Gasteiger partial charge in [-0.3, -0.25) is 4.98 Å². The molecule has 0 atom stereocenters. The fourth-order valence-corrected chi connectivity index (χ4v) is 1.63. The van der Waals surface area contributed by atoms with Crippen molar-refractivity contribution in [1.29, 1.82) is 0 Å². The number of aromatic nitrogens is 1. The predicted molar refractivity (Wildman–Crippen MR) is 54.5 cm³/mol. The van der Waals surface area contributed by atoms with Crippen LogP contribution in [0, 0.1) is 13.8 Å². The van der Waals surface area contributed by atoms with E-state index in [1.54, 1.807) is 14.2 Å². The predicted octanol–water partition coefficient (Wildman–Crippen LogP) is 2.48. The van der Waals surface area contributed by atoms with Crippen molar-refractivity contribution in [2.24, 2.45) is 0 Å². The maximum atomic E-state index is 5.22. The fraction of sp³-hybridized carbons (Fsp3) is 0.444. The van der Waals surface area contributed by atoms with Crippen LogP contribution in [0.1, 0.15) is 11.4 Å². The second kappa shape index (κ2) is 3.96. The quantitative estimate of drug-likeness (QED) is 0.803. The first-order valence-corrected chi connectivity index (χ1v) is 4.65. The van der Waals surface area contributed by atoms with Gasteiger partial charge in [0.15, 0.2) is 11.5 Å². The zero-order valence-electron chi connectivity index (χ0n) is 8.14. The van der Waals surface area contributed by atoms with Gasteiger partial charge in [0.2, 0.25) is 0 Å². The molecule has 13 heavy (non-hydrogen) atoms. The van der Waals surface area contributed by atoms with E-state index in [0.29, 0.717) is 11.5 Å². The van der Waals surface area contributed by atoms with E-state index in [9.17, 15) is 0 Å². The molecule has 4 heteroatoms. The molecule has 0 aliphatic heterocycles. The molecule has 0 aromatic carbocycles. The van der Waals surface area contributed by atoms with Crippen LogP contribution in [-0.4, -0.2) is 19.2 Å². The lowest BCUT2D eigenvalue weighted by Crippen LogP contribution is -1.98. The molecule has 1 aromatic heterocycles. The molecule has 1 rings (SSSR count). The van der Waals surface area contributed by atoms with Crippen LogP contribution in [0.3, 0.4) is 0 Å². The summed E-state index contributed by atoms with van der Waals surface area (Å²) in [4.78, 5) is 4.30. The Bertz CT molecular complexity index is 326. The third-order valence-corrected chi connectivity index (χ3v) is 2.73. The molecule has 1 aromatic rings. The van der Waals surface area contributed by atoms with Crippen molar-refractivity contribution in [3.05, 3.63) is 15.9 Å². The Hall–Kier alpha value is -0.770. The van der Waals surface area contributed by atoms with Gasteiger partial charge >= 0.3 is 0 Å². The summed E-state index contributed by atoms with van der Waals surface area (Å²) in [7, 11) is 3.22. The number of halogens is 1. The first kappa shape index (κ1) is 10.3. The minimum atomic E-state index is 0.681. The van der Waals surface area contributed by atoms with Gasteiger partial charge in [0, 0.05) is 0 Å². The molecule has 72 valence electrons. The highest BCUT2D eigenvalue weighted by atomic mass is 79.9. The molecule has 1 heterocycles. The van der Waals surface area contributed by atoms with Crippen molar-refractivity contribution >= 4 is 15.9 Å². The van der Waals surface area contributed by atoms with Crippen LogP contribution in [0.4, 0.5) is 0 Å². The first-order valence-electron chi connectivity index (χ1n) is 3.86. The minimum Gasteiger partial charge on any atom is -0.492 e. The smallest absolute Gasteiger partial charge is 0.183 e. The monoisotopic (exact) mass is 245 g/mol. The third kappa shape index (κ3) is 1.77. The molecular formula is C9H12BrNO2. The van der Waals surface area contributed by atoms with E-state index in [4.69, 9.17) is 9.47 Å². The van der Waals surface area contributed by atoms with Crippen molar-refractivity contribution in [1.82, 2.24) is 4.98 Å². The highest BCUT2D eigenvalue weighted by Gasteiger charge is 2.14. The number of pyridine rings is 1. The topological polar surface area (TPSA) is 31.4 Å². The number of hydrogen-bond donors (Lipinski definition) is 0. The standard InChI is InChI=1S/C9H12BrNO2/c1-5-7(10)9(13-4)8(12-3)6(2)11-5/h1-4H3. The highest BCUT2D eigenvalue weighted by Crippen LogP contribution is 2.38. The van der Waals surface area contributed by atoms with Crippen LogP contribution in [0.15, 0.2) is 4.47 Å². The Morgan fingerprint density at radius 1 is 1.00 bits per heavy atom. The van der Waals surface area contributed by atoms with Gasteiger partial charge in [0.05, 0.1) is 30.1 Å². The maximum Gasteiger partial charge on any atom is 0.183 e. The van der Waals surface area contributed by atoms with Crippen LogP contribution in [-0.2, 0) is 0 Å². The van der Waals surface area contributed by atoms with E-state index < -0.39 is 0 Å². The second-order valence-electron chi connectivity index (χ2n) is 2.66. The van der Waals surface area contributed by atoms with Gasteiger partial charge in [-0.15, -0.1) is 0 Å². The van der Waals surface area contributed by atoms with E-state index in [2.05, 4.69) is 20.9 Å². The molecule has 0 radical (unpaired) electrons. The van der Waals surface area contributed by atoms with Crippen molar-refractivity contribution in [2.75, 3.05) is 14.2 Å². The molecule has 0 aliphatic rings. The molecule has 0 fully saturated rings. The summed E-state index contributed by atoms with van der Waals surface area (Å²) in [5.74, 6) is 1.38. The number of rotatable bonds is 2. The Kier molecular flexibility index (Phi) is 3.14. The minimum absolute atomic E-state index is 0.681. The summed E-state index contributed by atoms with van der Waals surface area (Å²) in [6.45, 7) is 3.81. The van der Waals surface area contributed by atoms with Gasteiger partial charge in [-0.25, -0.2) is 0 Å². The lowest BCUT2D eigenvalue weighted by molar-refractivity contribution is 0.348. The summed E-state index contributed by atoms with van der Waals surface area (Å²) in [5.41, 5.74) is 1.73. The van der Waals surface area contributed by atoms with Gasteiger partial charge < -0.3 is 9.47 Å². The maximum absolute atomic E-state index is 5.22. The van der Waals surface area contributed by atoms with Crippen molar-refractivity contribution in [2.45, 2.75) is 13.8 Å². The number of nitrogens with zero attached hydrogens (tertiary/aromatic N) is 1. The van der Waals surface area contributed by atoms with Gasteiger partial charge in [-0.2, -0.15) is 0 Å². The molecule has 3 nitrogen and oxygen atoms in total. The van der Waals surface area contributed by atoms with Crippen molar-refractivity contribution in [3.63, 3.8) is 0 Å². The van der Waals surface area contributed by atoms with Crippen molar-refractivity contribution < 1.29 is 9.47 Å². The Balaban J connectivity index is 3.41. The van der Waals surface area contributed by atoms with E-state index in [1.165, 1.54) is 0 Å². The molecule has 0 saturated heterocycles. The Morgan fingerprint density at radius 2 is 1.54 bits per heavy atom. The van der Waals surface area contributed by atoms with Crippen LogP contribution in [0.25, 0.3) is 0 Å². The molecule has 0 bridgehead atoms. The van der Waals surface area contributed by atoms with E-state index in [-0.39, 0.29) is 0 Å². The molecule has 0 amide bonds. The van der Waals surface area contributed by atoms with E-state index in [0.717, 1.165) is 15.9 Å². The summed E-state index contributed by atoms with van der Waals surface area (Å²) in [5, 5.41) is 0. The number of aryl methyl sites for hydroxylation is 2. The third-order valence-electron chi connectivity index (χ3n) is 1.80. The van der Waals surface area contributed by atoms with Crippen LogP contribution < -0.4 is 9.47 Å². The molecule has 0 N–H and O–H groups in total. The lowest BCUT2D eigenvalue weighted by Gasteiger charge is -2.12. The lowest BCUT2D eigenvalue weighted by atomic mass is 10.3. The first-order chi connectivity index (χ1) is 6.11. The van der Waals surface area contributed by atoms with Crippen LogP contribution in [0.5, 0.6) is 11.5 Å². The summed E-state index contributed by atoms with van der Waals surface area (Å²) in [6.07, 6.45) is 0. The second-order valence-corrected chi connectivity index (χ2v) is 3.46. The summed E-state index contributed by atoms with van der Waals surface area (Å²) >= 11 is 3.40. The Labute approximate surface area is 86.2 Å². The fourth-order valence-electron chi connectivity index (χ4n) is 1.20. The van der Waals surface area contributed by atoms with Crippen LogP contribution in [0.2, 0.25) is 0 Å². The average Bonchev–Trinajstić information content (AvgIpc) is 2.10. The van der Waals surface area contributed by atoms with E-state index in [1.807, 2.05) is 13.8 Å². The average molecular weight is 246 g/mol. The molecule has 0 aliphatic carbocycles. The van der Waals surface area contributed by atoms with E-state index >= 15 is 0 Å². The van der Waals surface area contributed by atoms with Gasteiger partial charge in [0.1, 0.15) is 0 Å². The SMILES string of the molecule is COc1c(C)nc(C)c(Br)c1OC. The number of ether oxygens (including phenoxy) is 2. The number of hydrogen-bond acceptors (Lipinski definition) is 3. The molecule has 0 spiro atoms. The summed E-state index contributed by atoms with van der Waals surface area (Å²) in [6, 6.07) is 0. The highest BCUT2D eigenvalue weighted by molar-refractivity contribution is 9.10. The van der Waals surface area contributed by atoms with Gasteiger partial charge in [0.25, 0.3) is 0 Å². The van der Waals surface area contributed by atoms with Crippen molar-refractivity contribution in [3.8, 4) is 11.5 Å². The zero-order valence-corrected chi connectivity index (χ0v) is 9.73. The number of methoxy groups -OCH3 is 2. The summed E-state index contributed by atoms with van der Waals surface area (Å²) < 4.78 is 11.2. The Morgan fingerprint density at radius 3 is 2.00 bits per heavy atom. The normalized spacial score (nSPS) is 9.92. The zero-order chi connectivity index (χ0) is 10.0. The van der Waals surface area contributed by atoms with Gasteiger partial charge in [-0.1, -0.05) is 0 Å². The van der Waals surface area contributed by atoms with Gasteiger partial charge in [-0.05, 0) is 29.8 Å². The molecule has 0 saturated carbocycles. The van der Waals surface area contributed by atoms with Crippen LogP contribution >= 0.6 is 15.9 Å². The largest absolute Gasteiger partial charge is 0.492 e. The molecular weight excluding hydrogens is 234 g/mol.